The number of nitrogens with two attached hydrogens (primary N) is 1. The van der Waals surface area contributed by atoms with Gasteiger partial charge >= 0.3 is 0 Å². The standard InChI is InChI=1S/C13H19NOS/c1-9-3-5-12(7-10(9)2)16(15)13-6-4-11(14)8-13/h3,5,7,11,13H,4,6,8,14H2,1-2H3. The van der Waals surface area contributed by atoms with E-state index in [2.05, 4.69) is 26.0 Å². The summed E-state index contributed by atoms with van der Waals surface area (Å²) >= 11 is 0. The molecule has 0 radical (unpaired) electrons. The highest BCUT2D eigenvalue weighted by atomic mass is 32.2. The molecule has 0 amide bonds. The topological polar surface area (TPSA) is 43.1 Å². The van der Waals surface area contributed by atoms with Crippen molar-refractivity contribution in [1.82, 2.24) is 0 Å². The maximum atomic E-state index is 12.3. The summed E-state index contributed by atoms with van der Waals surface area (Å²) in [6.45, 7) is 4.14. The van der Waals surface area contributed by atoms with Gasteiger partial charge in [0.2, 0.25) is 0 Å². The van der Waals surface area contributed by atoms with Gasteiger partial charge in [0.15, 0.2) is 0 Å². The molecule has 0 spiro atoms. The van der Waals surface area contributed by atoms with Crippen LogP contribution in [0, 0.1) is 13.8 Å². The Kier molecular flexibility index (Phi) is 3.45. The van der Waals surface area contributed by atoms with E-state index in [9.17, 15) is 4.21 Å². The summed E-state index contributed by atoms with van der Waals surface area (Å²) in [4.78, 5) is 0.960. The van der Waals surface area contributed by atoms with Crippen molar-refractivity contribution >= 4 is 10.8 Å². The zero-order valence-corrected chi connectivity index (χ0v) is 10.7. The van der Waals surface area contributed by atoms with Crippen molar-refractivity contribution in [1.29, 1.82) is 0 Å². The molecule has 16 heavy (non-hydrogen) atoms. The molecular weight excluding hydrogens is 218 g/mol. The van der Waals surface area contributed by atoms with E-state index in [-0.39, 0.29) is 11.3 Å². The summed E-state index contributed by atoms with van der Waals surface area (Å²) in [5, 5.41) is 0.261. The van der Waals surface area contributed by atoms with Crippen molar-refractivity contribution in [2.45, 2.75) is 49.3 Å². The molecule has 1 aromatic rings. The quantitative estimate of drug-likeness (QED) is 0.857. The summed E-state index contributed by atoms with van der Waals surface area (Å²) in [5.74, 6) is 0. The lowest BCUT2D eigenvalue weighted by Gasteiger charge is -2.11. The molecular formula is C13H19NOS. The molecule has 0 heterocycles. The third-order valence-electron chi connectivity index (χ3n) is 3.44. The van der Waals surface area contributed by atoms with E-state index < -0.39 is 10.8 Å². The Morgan fingerprint density at radius 1 is 1.25 bits per heavy atom. The summed E-state index contributed by atoms with van der Waals surface area (Å²) in [6.07, 6.45) is 2.92. The molecule has 1 fully saturated rings. The van der Waals surface area contributed by atoms with E-state index in [4.69, 9.17) is 5.73 Å². The van der Waals surface area contributed by atoms with Gasteiger partial charge in [0.05, 0.1) is 10.8 Å². The predicted molar refractivity (Wildman–Crippen MR) is 67.9 cm³/mol. The van der Waals surface area contributed by atoms with Crippen LogP contribution in [0.1, 0.15) is 30.4 Å². The third kappa shape index (κ3) is 2.36. The Bertz CT molecular complexity index is 416. The minimum atomic E-state index is -0.878. The van der Waals surface area contributed by atoms with Gasteiger partial charge in [-0.25, -0.2) is 0 Å². The van der Waals surface area contributed by atoms with Crippen LogP contribution in [0.5, 0.6) is 0 Å². The zero-order valence-electron chi connectivity index (χ0n) is 9.90. The molecule has 1 aliphatic carbocycles. The van der Waals surface area contributed by atoms with Gasteiger partial charge in [-0.3, -0.25) is 4.21 Å². The lowest BCUT2D eigenvalue weighted by molar-refractivity contribution is 0.664. The highest BCUT2D eigenvalue weighted by molar-refractivity contribution is 7.85. The first-order valence-electron chi connectivity index (χ1n) is 5.81. The molecule has 2 nitrogen and oxygen atoms in total. The van der Waals surface area contributed by atoms with Gasteiger partial charge in [0, 0.05) is 16.2 Å². The van der Waals surface area contributed by atoms with Crippen molar-refractivity contribution in [2.24, 2.45) is 5.73 Å². The Balaban J connectivity index is 2.18. The van der Waals surface area contributed by atoms with Crippen LogP contribution in [-0.2, 0) is 10.8 Å². The number of benzene rings is 1. The van der Waals surface area contributed by atoms with Crippen LogP contribution in [-0.4, -0.2) is 15.5 Å². The van der Waals surface area contributed by atoms with E-state index in [0.29, 0.717) is 0 Å². The summed E-state index contributed by atoms with van der Waals surface area (Å²) in [5.41, 5.74) is 8.33. The maximum Gasteiger partial charge on any atom is 0.0561 e. The molecule has 3 atom stereocenters. The van der Waals surface area contributed by atoms with Crippen LogP contribution in [0.25, 0.3) is 0 Å². The van der Waals surface area contributed by atoms with E-state index >= 15 is 0 Å². The third-order valence-corrected chi connectivity index (χ3v) is 5.19. The van der Waals surface area contributed by atoms with E-state index in [1.807, 2.05) is 6.07 Å². The van der Waals surface area contributed by atoms with Crippen LogP contribution in [0.15, 0.2) is 23.1 Å². The maximum absolute atomic E-state index is 12.3. The van der Waals surface area contributed by atoms with E-state index in [0.717, 1.165) is 24.2 Å². The Morgan fingerprint density at radius 3 is 2.56 bits per heavy atom. The number of rotatable bonds is 2. The smallest absolute Gasteiger partial charge is 0.0561 e. The fraction of sp³-hybridized carbons (Fsp3) is 0.538. The largest absolute Gasteiger partial charge is 0.328 e. The van der Waals surface area contributed by atoms with Gasteiger partial charge in [0.1, 0.15) is 0 Å². The number of hydrogen-bond acceptors (Lipinski definition) is 2. The molecule has 0 bridgehead atoms. The summed E-state index contributed by atoms with van der Waals surface area (Å²) in [7, 11) is -0.878. The SMILES string of the molecule is Cc1ccc(S(=O)C2CCC(N)C2)cc1C. The first-order chi connectivity index (χ1) is 7.58. The molecule has 1 aliphatic rings. The van der Waals surface area contributed by atoms with Crippen LogP contribution < -0.4 is 5.73 Å². The highest BCUT2D eigenvalue weighted by Crippen LogP contribution is 2.27. The van der Waals surface area contributed by atoms with Crippen LogP contribution in [0.3, 0.4) is 0 Å². The molecule has 1 aromatic carbocycles. The normalized spacial score (nSPS) is 26.9. The minimum absolute atomic E-state index is 0.250. The van der Waals surface area contributed by atoms with Crippen molar-refractivity contribution in [2.75, 3.05) is 0 Å². The van der Waals surface area contributed by atoms with E-state index in [1.165, 1.54) is 11.1 Å². The van der Waals surface area contributed by atoms with Gasteiger partial charge in [0.25, 0.3) is 0 Å². The van der Waals surface area contributed by atoms with Gasteiger partial charge < -0.3 is 5.73 Å². The van der Waals surface area contributed by atoms with Crippen LogP contribution in [0.2, 0.25) is 0 Å². The average Bonchev–Trinajstić information content (AvgIpc) is 2.68. The second-order valence-corrected chi connectivity index (χ2v) is 6.47. The lowest BCUT2D eigenvalue weighted by atomic mass is 10.1. The summed E-state index contributed by atoms with van der Waals surface area (Å²) in [6, 6.07) is 6.34. The monoisotopic (exact) mass is 237 g/mol. The van der Waals surface area contributed by atoms with Crippen molar-refractivity contribution in [3.05, 3.63) is 29.3 Å². The van der Waals surface area contributed by atoms with Crippen LogP contribution >= 0.6 is 0 Å². The minimum Gasteiger partial charge on any atom is -0.328 e. The first kappa shape index (κ1) is 11.8. The predicted octanol–water partition coefficient (Wildman–Crippen LogP) is 2.29. The lowest BCUT2D eigenvalue weighted by Crippen LogP contribution is -2.18. The number of aryl methyl sites for hydroxylation is 2. The molecule has 3 unspecified atom stereocenters. The Morgan fingerprint density at radius 2 is 2.00 bits per heavy atom. The van der Waals surface area contributed by atoms with E-state index in [1.54, 1.807) is 0 Å². The molecule has 2 N–H and O–H groups in total. The molecule has 3 heteroatoms. The zero-order chi connectivity index (χ0) is 11.7. The number of hydrogen-bond donors (Lipinski definition) is 1. The van der Waals surface area contributed by atoms with Crippen molar-refractivity contribution in [3.63, 3.8) is 0 Å². The van der Waals surface area contributed by atoms with Gasteiger partial charge in [-0.1, -0.05) is 6.07 Å². The molecule has 0 saturated heterocycles. The molecule has 1 saturated carbocycles. The summed E-state index contributed by atoms with van der Waals surface area (Å²) < 4.78 is 12.3. The van der Waals surface area contributed by atoms with Gasteiger partial charge in [-0.2, -0.15) is 0 Å². The van der Waals surface area contributed by atoms with Crippen molar-refractivity contribution in [3.8, 4) is 0 Å². The van der Waals surface area contributed by atoms with Crippen LogP contribution in [0.4, 0.5) is 0 Å². The van der Waals surface area contributed by atoms with Gasteiger partial charge in [-0.15, -0.1) is 0 Å². The molecule has 0 aliphatic heterocycles. The van der Waals surface area contributed by atoms with Crippen molar-refractivity contribution < 1.29 is 4.21 Å². The molecule has 0 aromatic heterocycles. The Hall–Kier alpha value is -0.670. The molecule has 88 valence electrons. The second-order valence-electron chi connectivity index (χ2n) is 4.74. The fourth-order valence-corrected chi connectivity index (χ4v) is 3.85. The highest BCUT2D eigenvalue weighted by Gasteiger charge is 2.27. The molecule has 2 rings (SSSR count). The first-order valence-corrected chi connectivity index (χ1v) is 7.02. The van der Waals surface area contributed by atoms with Gasteiger partial charge in [-0.05, 0) is 56.4 Å². The second kappa shape index (κ2) is 4.68. The Labute approximate surface area is 99.7 Å². The average molecular weight is 237 g/mol. The fourth-order valence-electron chi connectivity index (χ4n) is 2.20.